The van der Waals surface area contributed by atoms with Gasteiger partial charge in [0, 0.05) is 25.6 Å². The molecule has 1 N–H and O–H groups in total. The van der Waals surface area contributed by atoms with E-state index in [1.165, 1.54) is 9.58 Å². The van der Waals surface area contributed by atoms with Gasteiger partial charge in [-0.15, -0.1) is 0 Å². The smallest absolute Gasteiger partial charge is 0.415 e. The third kappa shape index (κ3) is 2.52. The molecule has 7 nitrogen and oxygen atoms in total. The molecule has 2 heterocycles. The second kappa shape index (κ2) is 5.51. The fraction of sp³-hybridized carbons (Fsp3) is 0.267. The van der Waals surface area contributed by atoms with E-state index in [9.17, 15) is 14.7 Å². The third-order valence-electron chi connectivity index (χ3n) is 3.61. The number of aromatic nitrogens is 2. The molecular weight excluding hydrogens is 286 g/mol. The number of carbonyl (C=O) groups is 2. The fourth-order valence-electron chi connectivity index (χ4n) is 2.58. The van der Waals surface area contributed by atoms with Gasteiger partial charge in [0.25, 0.3) is 0 Å². The summed E-state index contributed by atoms with van der Waals surface area (Å²) in [5.41, 5.74) is 1.42. The van der Waals surface area contributed by atoms with Crippen LogP contribution in [0.15, 0.2) is 30.3 Å². The highest BCUT2D eigenvalue weighted by atomic mass is 16.6. The van der Waals surface area contributed by atoms with Crippen LogP contribution < -0.4 is 4.74 Å². The molecule has 114 valence electrons. The number of para-hydroxylation sites is 1. The molecule has 0 saturated carbocycles. The minimum absolute atomic E-state index is 0.118. The topological polar surface area (TPSA) is 84.7 Å². The number of aryl methyl sites for hydroxylation is 1. The summed E-state index contributed by atoms with van der Waals surface area (Å²) < 4.78 is 6.63. The van der Waals surface area contributed by atoms with Crippen molar-refractivity contribution < 1.29 is 19.4 Å². The first-order valence-corrected chi connectivity index (χ1v) is 6.86. The number of nitrogens with zero attached hydrogens (tertiary/aromatic N) is 3. The maximum atomic E-state index is 12.2. The van der Waals surface area contributed by atoms with Crippen molar-refractivity contribution in [1.29, 1.82) is 0 Å². The molecule has 0 radical (unpaired) electrons. The lowest BCUT2D eigenvalue weighted by Crippen LogP contribution is -2.38. The van der Waals surface area contributed by atoms with Crippen LogP contribution in [0, 0.1) is 0 Å². The Kier molecular flexibility index (Phi) is 3.54. The fourth-order valence-corrected chi connectivity index (χ4v) is 2.58. The maximum absolute atomic E-state index is 12.2. The van der Waals surface area contributed by atoms with Gasteiger partial charge in [0.15, 0.2) is 5.69 Å². The van der Waals surface area contributed by atoms with E-state index in [1.807, 2.05) is 6.07 Å². The van der Waals surface area contributed by atoms with Crippen LogP contribution in [0.4, 0.5) is 4.79 Å². The van der Waals surface area contributed by atoms with E-state index in [4.69, 9.17) is 4.74 Å². The zero-order chi connectivity index (χ0) is 15.7. The van der Waals surface area contributed by atoms with Crippen LogP contribution in [0.2, 0.25) is 0 Å². The van der Waals surface area contributed by atoms with E-state index in [0.29, 0.717) is 24.3 Å². The number of rotatable bonds is 2. The maximum Gasteiger partial charge on any atom is 0.415 e. The van der Waals surface area contributed by atoms with E-state index < -0.39 is 12.1 Å². The molecule has 0 unspecified atom stereocenters. The standard InChI is InChI=1S/C15H15N3O4/c1-17-13(14(19)20)11-9-18(8-7-12(11)16-17)15(21)22-10-5-3-2-4-6-10/h2-6H,7-9H2,1H3,(H,19,20). The number of aromatic carboxylic acids is 1. The molecule has 2 aromatic rings. The van der Waals surface area contributed by atoms with Crippen molar-refractivity contribution >= 4 is 12.1 Å². The number of carboxylic acid groups (broad SMARTS) is 1. The normalized spacial score (nSPS) is 13.6. The highest BCUT2D eigenvalue weighted by Crippen LogP contribution is 2.23. The van der Waals surface area contributed by atoms with Gasteiger partial charge in [-0.3, -0.25) is 4.68 Å². The van der Waals surface area contributed by atoms with Crippen LogP contribution in [0.3, 0.4) is 0 Å². The Morgan fingerprint density at radius 3 is 2.68 bits per heavy atom. The van der Waals surface area contributed by atoms with Crippen molar-refractivity contribution in [1.82, 2.24) is 14.7 Å². The highest BCUT2D eigenvalue weighted by Gasteiger charge is 2.29. The molecular formula is C15H15N3O4. The number of fused-ring (bicyclic) bond motifs is 1. The van der Waals surface area contributed by atoms with E-state index >= 15 is 0 Å². The van der Waals surface area contributed by atoms with E-state index in [1.54, 1.807) is 31.3 Å². The summed E-state index contributed by atoms with van der Waals surface area (Å²) in [4.78, 5) is 25.0. The molecule has 1 aromatic heterocycles. The quantitative estimate of drug-likeness (QED) is 0.912. The van der Waals surface area contributed by atoms with Crippen LogP contribution in [0.25, 0.3) is 0 Å². The lowest BCUT2D eigenvalue weighted by Gasteiger charge is -2.25. The summed E-state index contributed by atoms with van der Waals surface area (Å²) in [6, 6.07) is 8.78. The zero-order valence-corrected chi connectivity index (χ0v) is 12.0. The summed E-state index contributed by atoms with van der Waals surface area (Å²) in [5.74, 6) is -0.586. The lowest BCUT2D eigenvalue weighted by atomic mass is 10.1. The zero-order valence-electron chi connectivity index (χ0n) is 12.0. The Bertz CT molecular complexity index is 724. The van der Waals surface area contributed by atoms with Crippen LogP contribution in [0.1, 0.15) is 21.7 Å². The molecule has 0 bridgehead atoms. The number of carboxylic acids is 1. The summed E-state index contributed by atoms with van der Waals surface area (Å²) >= 11 is 0. The summed E-state index contributed by atoms with van der Waals surface area (Å²) in [7, 11) is 1.59. The number of benzene rings is 1. The average Bonchev–Trinajstić information content (AvgIpc) is 2.83. The molecule has 3 rings (SSSR count). The molecule has 1 aliphatic rings. The van der Waals surface area contributed by atoms with Gasteiger partial charge in [-0.1, -0.05) is 18.2 Å². The number of ether oxygens (including phenoxy) is 1. The van der Waals surface area contributed by atoms with Gasteiger partial charge in [-0.2, -0.15) is 5.10 Å². The number of hydrogen-bond donors (Lipinski definition) is 1. The summed E-state index contributed by atoms with van der Waals surface area (Å²) in [6.07, 6.45) is 0.0254. The predicted octanol–water partition coefficient (Wildman–Crippen LogP) is 1.68. The molecule has 1 aliphatic heterocycles. The molecule has 1 amide bonds. The average molecular weight is 301 g/mol. The molecule has 1 aromatic carbocycles. The minimum Gasteiger partial charge on any atom is -0.477 e. The van der Waals surface area contributed by atoms with Crippen LogP contribution in [-0.2, 0) is 20.0 Å². The Morgan fingerprint density at radius 2 is 2.00 bits per heavy atom. The largest absolute Gasteiger partial charge is 0.477 e. The van der Waals surface area contributed by atoms with Gasteiger partial charge >= 0.3 is 12.1 Å². The van der Waals surface area contributed by atoms with Crippen molar-refractivity contribution in [3.8, 4) is 5.75 Å². The van der Waals surface area contributed by atoms with Gasteiger partial charge in [-0.05, 0) is 12.1 Å². The Morgan fingerprint density at radius 1 is 1.27 bits per heavy atom. The van der Waals surface area contributed by atoms with Gasteiger partial charge < -0.3 is 14.7 Å². The van der Waals surface area contributed by atoms with Crippen LogP contribution in [-0.4, -0.2) is 38.4 Å². The highest BCUT2D eigenvalue weighted by molar-refractivity contribution is 5.88. The van der Waals surface area contributed by atoms with Crippen LogP contribution in [0.5, 0.6) is 5.75 Å². The third-order valence-corrected chi connectivity index (χ3v) is 3.61. The SMILES string of the molecule is Cn1nc2c(c1C(=O)O)CN(C(=O)Oc1ccccc1)CC2. The van der Waals surface area contributed by atoms with Gasteiger partial charge in [0.2, 0.25) is 0 Å². The molecule has 0 aliphatic carbocycles. The number of hydrogen-bond acceptors (Lipinski definition) is 4. The van der Waals surface area contributed by atoms with E-state index in [2.05, 4.69) is 5.10 Å². The number of carbonyl (C=O) groups excluding carboxylic acids is 1. The van der Waals surface area contributed by atoms with Gasteiger partial charge in [0.1, 0.15) is 5.75 Å². The summed E-state index contributed by atoms with van der Waals surface area (Å²) in [6.45, 7) is 0.644. The summed E-state index contributed by atoms with van der Waals surface area (Å²) in [5, 5.41) is 13.5. The molecule has 0 atom stereocenters. The van der Waals surface area contributed by atoms with E-state index in [0.717, 1.165) is 5.69 Å². The van der Waals surface area contributed by atoms with Crippen molar-refractivity contribution in [2.75, 3.05) is 6.54 Å². The van der Waals surface area contributed by atoms with Gasteiger partial charge in [0.05, 0.1) is 12.2 Å². The predicted molar refractivity (Wildman–Crippen MR) is 76.7 cm³/mol. The minimum atomic E-state index is -1.05. The Hall–Kier alpha value is -2.83. The lowest BCUT2D eigenvalue weighted by molar-refractivity contribution is 0.0681. The molecule has 0 saturated heterocycles. The van der Waals surface area contributed by atoms with Crippen LogP contribution >= 0.6 is 0 Å². The first-order chi connectivity index (χ1) is 10.6. The Balaban J connectivity index is 1.79. The van der Waals surface area contributed by atoms with Crippen molar-refractivity contribution in [2.45, 2.75) is 13.0 Å². The first-order valence-electron chi connectivity index (χ1n) is 6.86. The number of amides is 1. The molecule has 7 heteroatoms. The molecule has 0 fully saturated rings. The Labute approximate surface area is 126 Å². The van der Waals surface area contributed by atoms with E-state index in [-0.39, 0.29) is 12.2 Å². The monoisotopic (exact) mass is 301 g/mol. The second-order valence-electron chi connectivity index (χ2n) is 5.06. The van der Waals surface area contributed by atoms with Crippen molar-refractivity contribution in [3.05, 3.63) is 47.3 Å². The van der Waals surface area contributed by atoms with Crippen molar-refractivity contribution in [3.63, 3.8) is 0 Å². The first kappa shape index (κ1) is 14.1. The molecule has 22 heavy (non-hydrogen) atoms. The van der Waals surface area contributed by atoms with Crippen molar-refractivity contribution in [2.24, 2.45) is 7.05 Å². The molecule has 0 spiro atoms. The second-order valence-corrected chi connectivity index (χ2v) is 5.06. The van der Waals surface area contributed by atoms with Gasteiger partial charge in [-0.25, -0.2) is 9.59 Å².